The number of carbonyl (C=O) groups excluding carboxylic acids is 1. The molecule has 0 atom stereocenters. The number of ether oxygens (including phenoxy) is 1. The van der Waals surface area contributed by atoms with Crippen LogP contribution in [0.4, 0.5) is 10.5 Å². The van der Waals surface area contributed by atoms with E-state index >= 15 is 0 Å². The molecule has 1 N–H and O–H groups in total. The fourth-order valence-electron chi connectivity index (χ4n) is 1.22. The minimum atomic E-state index is -0.540. The number of carbonyl (C=O) groups is 1. The zero-order valence-electron chi connectivity index (χ0n) is 8.92. The number of methoxy groups -OCH3 is 1. The molecule has 0 aliphatic rings. The van der Waals surface area contributed by atoms with Gasteiger partial charge in [-0.1, -0.05) is 0 Å². The monoisotopic (exact) mass is 204 g/mol. The molecule has 0 unspecified atom stereocenters. The highest BCUT2D eigenvalue weighted by Crippen LogP contribution is 2.19. The standard InChI is InChI=1S/C11H12N2O2/c1-7-4-10(13-11(14)15-3)5-9(6-12)8(7)2/h4-5H,1-3H3,(H,13,14). The van der Waals surface area contributed by atoms with Crippen molar-refractivity contribution in [3.63, 3.8) is 0 Å². The molecule has 0 fully saturated rings. The number of amides is 1. The zero-order valence-corrected chi connectivity index (χ0v) is 8.92. The molecule has 4 nitrogen and oxygen atoms in total. The summed E-state index contributed by atoms with van der Waals surface area (Å²) in [6.45, 7) is 3.76. The zero-order chi connectivity index (χ0) is 11.4. The van der Waals surface area contributed by atoms with Crippen molar-refractivity contribution in [3.05, 3.63) is 28.8 Å². The Kier molecular flexibility index (Phi) is 3.29. The molecule has 4 heteroatoms. The number of hydrogen-bond acceptors (Lipinski definition) is 3. The van der Waals surface area contributed by atoms with E-state index in [4.69, 9.17) is 5.26 Å². The normalized spacial score (nSPS) is 9.20. The Labute approximate surface area is 88.5 Å². The molecule has 78 valence electrons. The van der Waals surface area contributed by atoms with Crippen LogP contribution in [0.15, 0.2) is 12.1 Å². The van der Waals surface area contributed by atoms with Crippen molar-refractivity contribution in [2.45, 2.75) is 13.8 Å². The van der Waals surface area contributed by atoms with Gasteiger partial charge in [-0.2, -0.15) is 5.26 Å². The van der Waals surface area contributed by atoms with Gasteiger partial charge in [0.25, 0.3) is 0 Å². The van der Waals surface area contributed by atoms with Crippen LogP contribution in [0.3, 0.4) is 0 Å². The minimum Gasteiger partial charge on any atom is -0.453 e. The topological polar surface area (TPSA) is 62.1 Å². The van der Waals surface area contributed by atoms with E-state index in [1.54, 1.807) is 12.1 Å². The summed E-state index contributed by atoms with van der Waals surface area (Å²) in [4.78, 5) is 11.0. The SMILES string of the molecule is COC(=O)Nc1cc(C)c(C)c(C#N)c1. The number of hydrogen-bond donors (Lipinski definition) is 1. The largest absolute Gasteiger partial charge is 0.453 e. The number of aryl methyl sites for hydroxylation is 1. The van der Waals surface area contributed by atoms with Gasteiger partial charge in [-0.3, -0.25) is 5.32 Å². The molecule has 1 aromatic rings. The summed E-state index contributed by atoms with van der Waals surface area (Å²) in [5, 5.41) is 11.4. The molecule has 1 rings (SSSR count). The highest BCUT2D eigenvalue weighted by atomic mass is 16.5. The van der Waals surface area contributed by atoms with Gasteiger partial charge < -0.3 is 4.74 Å². The summed E-state index contributed by atoms with van der Waals surface area (Å²) < 4.78 is 4.46. The maximum Gasteiger partial charge on any atom is 0.411 e. The van der Waals surface area contributed by atoms with Crippen molar-refractivity contribution in [1.29, 1.82) is 5.26 Å². The first-order chi connectivity index (χ1) is 7.08. The lowest BCUT2D eigenvalue weighted by atomic mass is 10.0. The lowest BCUT2D eigenvalue weighted by molar-refractivity contribution is 0.187. The maximum atomic E-state index is 11.0. The van der Waals surface area contributed by atoms with Crippen LogP contribution < -0.4 is 5.32 Å². The van der Waals surface area contributed by atoms with Crippen molar-refractivity contribution >= 4 is 11.8 Å². The molecule has 15 heavy (non-hydrogen) atoms. The first-order valence-electron chi connectivity index (χ1n) is 4.44. The number of nitrogens with zero attached hydrogens (tertiary/aromatic N) is 1. The number of anilines is 1. The van der Waals surface area contributed by atoms with Crippen LogP contribution in [-0.2, 0) is 4.74 Å². The van der Waals surface area contributed by atoms with Gasteiger partial charge in [0.05, 0.1) is 18.7 Å². The van der Waals surface area contributed by atoms with Crippen molar-refractivity contribution < 1.29 is 9.53 Å². The summed E-state index contributed by atoms with van der Waals surface area (Å²) in [5.41, 5.74) is 3.01. The molecule has 0 saturated carbocycles. The number of benzene rings is 1. The van der Waals surface area contributed by atoms with Crippen LogP contribution in [0, 0.1) is 25.2 Å². The second kappa shape index (κ2) is 4.47. The molecule has 0 heterocycles. The predicted octanol–water partition coefficient (Wildman–Crippen LogP) is 2.35. The van der Waals surface area contributed by atoms with Crippen LogP contribution in [-0.4, -0.2) is 13.2 Å². The molecular weight excluding hydrogens is 192 g/mol. The fourth-order valence-corrected chi connectivity index (χ4v) is 1.22. The quantitative estimate of drug-likeness (QED) is 0.763. The first-order valence-corrected chi connectivity index (χ1v) is 4.44. The van der Waals surface area contributed by atoms with Gasteiger partial charge in [-0.25, -0.2) is 4.79 Å². The molecule has 0 aliphatic heterocycles. The maximum absolute atomic E-state index is 11.0. The van der Waals surface area contributed by atoms with E-state index in [0.29, 0.717) is 11.3 Å². The second-order valence-electron chi connectivity index (χ2n) is 3.19. The van der Waals surface area contributed by atoms with E-state index < -0.39 is 6.09 Å². The number of nitrogens with one attached hydrogen (secondary N) is 1. The molecular formula is C11H12N2O2. The molecule has 0 radical (unpaired) electrons. The van der Waals surface area contributed by atoms with E-state index in [-0.39, 0.29) is 0 Å². The van der Waals surface area contributed by atoms with Crippen LogP contribution in [0.5, 0.6) is 0 Å². The average Bonchev–Trinajstić information content (AvgIpc) is 2.22. The fraction of sp³-hybridized carbons (Fsp3) is 0.273. The third kappa shape index (κ3) is 2.47. The van der Waals surface area contributed by atoms with Crippen LogP contribution >= 0.6 is 0 Å². The highest BCUT2D eigenvalue weighted by molar-refractivity contribution is 5.85. The van der Waals surface area contributed by atoms with Gasteiger partial charge in [-0.15, -0.1) is 0 Å². The summed E-state index contributed by atoms with van der Waals surface area (Å²) in [6.07, 6.45) is -0.540. The van der Waals surface area contributed by atoms with Crippen LogP contribution in [0.2, 0.25) is 0 Å². The first kappa shape index (κ1) is 11.1. The van der Waals surface area contributed by atoms with Crippen molar-refractivity contribution in [1.82, 2.24) is 0 Å². The van der Waals surface area contributed by atoms with E-state index in [1.807, 2.05) is 13.8 Å². The molecule has 0 spiro atoms. The van der Waals surface area contributed by atoms with Gasteiger partial charge in [0, 0.05) is 5.69 Å². The van der Waals surface area contributed by atoms with E-state index in [9.17, 15) is 4.79 Å². The molecule has 0 aromatic heterocycles. The van der Waals surface area contributed by atoms with Crippen molar-refractivity contribution in [2.24, 2.45) is 0 Å². The van der Waals surface area contributed by atoms with Crippen molar-refractivity contribution in [2.75, 3.05) is 12.4 Å². The minimum absolute atomic E-state index is 0.540. The Hall–Kier alpha value is -2.02. The Morgan fingerprint density at radius 2 is 2.13 bits per heavy atom. The highest BCUT2D eigenvalue weighted by Gasteiger charge is 2.06. The molecule has 1 aromatic carbocycles. The van der Waals surface area contributed by atoms with Gasteiger partial charge >= 0.3 is 6.09 Å². The van der Waals surface area contributed by atoms with E-state index in [2.05, 4.69) is 16.1 Å². The summed E-state index contributed by atoms with van der Waals surface area (Å²) in [6, 6.07) is 5.50. The number of rotatable bonds is 1. The Morgan fingerprint density at radius 1 is 1.47 bits per heavy atom. The van der Waals surface area contributed by atoms with Crippen LogP contribution in [0.1, 0.15) is 16.7 Å². The van der Waals surface area contributed by atoms with Crippen molar-refractivity contribution in [3.8, 4) is 6.07 Å². The van der Waals surface area contributed by atoms with Gasteiger partial charge in [0.2, 0.25) is 0 Å². The second-order valence-corrected chi connectivity index (χ2v) is 3.19. The van der Waals surface area contributed by atoms with Gasteiger partial charge in [0.1, 0.15) is 0 Å². The predicted molar refractivity (Wildman–Crippen MR) is 56.7 cm³/mol. The van der Waals surface area contributed by atoms with Gasteiger partial charge in [-0.05, 0) is 37.1 Å². The summed E-state index contributed by atoms with van der Waals surface area (Å²) >= 11 is 0. The Balaban J connectivity index is 3.07. The summed E-state index contributed by atoms with van der Waals surface area (Å²) in [7, 11) is 1.29. The lowest BCUT2D eigenvalue weighted by Crippen LogP contribution is -2.11. The third-order valence-corrected chi connectivity index (χ3v) is 2.22. The molecule has 0 bridgehead atoms. The van der Waals surface area contributed by atoms with E-state index in [0.717, 1.165) is 11.1 Å². The lowest BCUT2D eigenvalue weighted by Gasteiger charge is -2.08. The smallest absolute Gasteiger partial charge is 0.411 e. The Morgan fingerprint density at radius 3 is 2.67 bits per heavy atom. The average molecular weight is 204 g/mol. The molecule has 0 aliphatic carbocycles. The summed E-state index contributed by atoms with van der Waals surface area (Å²) in [5.74, 6) is 0. The third-order valence-electron chi connectivity index (χ3n) is 2.22. The molecule has 1 amide bonds. The molecule has 0 saturated heterocycles. The van der Waals surface area contributed by atoms with Crippen LogP contribution in [0.25, 0.3) is 0 Å². The van der Waals surface area contributed by atoms with Gasteiger partial charge in [0.15, 0.2) is 0 Å². The number of nitriles is 1. The Bertz CT molecular complexity index is 433. The van der Waals surface area contributed by atoms with E-state index in [1.165, 1.54) is 7.11 Å².